The van der Waals surface area contributed by atoms with Gasteiger partial charge in [-0.2, -0.15) is 0 Å². The summed E-state index contributed by atoms with van der Waals surface area (Å²) in [6.07, 6.45) is 3.20. The van der Waals surface area contributed by atoms with E-state index >= 15 is 0 Å². The largest absolute Gasteiger partial charge is 0.261 e. The second kappa shape index (κ2) is 5.54. The Kier molecular flexibility index (Phi) is 3.73. The maximum atomic E-state index is 13.7. The third-order valence-corrected chi connectivity index (χ3v) is 4.89. The van der Waals surface area contributed by atoms with Crippen LogP contribution in [0.3, 0.4) is 0 Å². The highest BCUT2D eigenvalue weighted by atomic mass is 32.2. The number of nitrogens with one attached hydrogen (secondary N) is 1. The number of halogens is 1. The minimum Gasteiger partial charge on any atom is -0.241 e. The fourth-order valence-electron chi connectivity index (χ4n) is 2.32. The zero-order chi connectivity index (χ0) is 14.9. The fourth-order valence-corrected chi connectivity index (χ4v) is 3.62. The molecular weight excluding hydrogens is 291 g/mol. The molecule has 0 bridgehead atoms. The van der Waals surface area contributed by atoms with Crippen LogP contribution in [0.1, 0.15) is 24.4 Å². The van der Waals surface area contributed by atoms with Gasteiger partial charge in [0, 0.05) is 12.2 Å². The first kappa shape index (κ1) is 14.2. The maximum Gasteiger partial charge on any atom is 0.261 e. The van der Waals surface area contributed by atoms with Gasteiger partial charge in [-0.25, -0.2) is 22.5 Å². The van der Waals surface area contributed by atoms with E-state index in [1.165, 1.54) is 12.3 Å². The van der Waals surface area contributed by atoms with Crippen molar-refractivity contribution < 1.29 is 12.8 Å². The Balaban J connectivity index is 1.91. The molecule has 1 saturated carbocycles. The van der Waals surface area contributed by atoms with Crippen LogP contribution in [0.4, 0.5) is 4.39 Å². The maximum absolute atomic E-state index is 13.7. The molecule has 6 heteroatoms. The molecule has 1 fully saturated rings. The van der Waals surface area contributed by atoms with Crippen LogP contribution in [0, 0.1) is 11.7 Å². The molecule has 1 atom stereocenters. The average Bonchev–Trinajstić information content (AvgIpc) is 3.31. The van der Waals surface area contributed by atoms with Crippen LogP contribution in [0.15, 0.2) is 53.7 Å². The van der Waals surface area contributed by atoms with Gasteiger partial charge in [-0.05, 0) is 36.5 Å². The quantitative estimate of drug-likeness (QED) is 0.924. The lowest BCUT2D eigenvalue weighted by Crippen LogP contribution is -2.31. The molecule has 1 aromatic heterocycles. The lowest BCUT2D eigenvalue weighted by molar-refractivity contribution is 0.512. The number of sulfonamides is 1. The minimum absolute atomic E-state index is 0.258. The van der Waals surface area contributed by atoms with Gasteiger partial charge in [0.1, 0.15) is 0 Å². The first-order chi connectivity index (χ1) is 10.1. The minimum atomic E-state index is -3.98. The molecule has 3 rings (SSSR count). The number of aromatic nitrogens is 1. The van der Waals surface area contributed by atoms with Crippen LogP contribution >= 0.6 is 0 Å². The van der Waals surface area contributed by atoms with Gasteiger partial charge in [0.15, 0.2) is 5.82 Å². The Morgan fingerprint density at radius 1 is 1.14 bits per heavy atom. The first-order valence-corrected chi connectivity index (χ1v) is 8.24. The van der Waals surface area contributed by atoms with E-state index in [2.05, 4.69) is 9.71 Å². The molecule has 1 unspecified atom stereocenters. The molecule has 4 nitrogen and oxygen atoms in total. The molecule has 1 heterocycles. The summed E-state index contributed by atoms with van der Waals surface area (Å²) in [7, 11) is -3.98. The summed E-state index contributed by atoms with van der Waals surface area (Å²) >= 11 is 0. The van der Waals surface area contributed by atoms with E-state index in [0.29, 0.717) is 0 Å². The van der Waals surface area contributed by atoms with Gasteiger partial charge >= 0.3 is 0 Å². The van der Waals surface area contributed by atoms with Crippen LogP contribution in [-0.2, 0) is 10.0 Å². The lowest BCUT2D eigenvalue weighted by Gasteiger charge is -2.18. The van der Waals surface area contributed by atoms with Crippen molar-refractivity contribution in [2.24, 2.45) is 5.92 Å². The van der Waals surface area contributed by atoms with E-state index in [1.54, 1.807) is 0 Å². The number of benzene rings is 1. The molecular formula is C15H15FN2O2S. The molecule has 21 heavy (non-hydrogen) atoms. The lowest BCUT2D eigenvalue weighted by atomic mass is 10.0. The summed E-state index contributed by atoms with van der Waals surface area (Å²) < 4.78 is 41.0. The van der Waals surface area contributed by atoms with Crippen LogP contribution in [0.25, 0.3) is 0 Å². The van der Waals surface area contributed by atoms with Crippen molar-refractivity contribution in [3.05, 3.63) is 60.0 Å². The normalized spacial score (nSPS) is 16.6. The summed E-state index contributed by atoms with van der Waals surface area (Å²) in [4.78, 5) is 3.65. The average molecular weight is 306 g/mol. The molecule has 1 aliphatic carbocycles. The summed E-state index contributed by atoms with van der Waals surface area (Å²) in [5.74, 6) is -0.582. The Morgan fingerprint density at radius 3 is 2.48 bits per heavy atom. The summed E-state index contributed by atoms with van der Waals surface area (Å²) in [6, 6.07) is 11.5. The highest BCUT2D eigenvalue weighted by Crippen LogP contribution is 2.41. The van der Waals surface area contributed by atoms with Crippen molar-refractivity contribution >= 4 is 10.0 Å². The van der Waals surface area contributed by atoms with Gasteiger partial charge < -0.3 is 0 Å². The molecule has 110 valence electrons. The monoisotopic (exact) mass is 306 g/mol. The van der Waals surface area contributed by atoms with Gasteiger partial charge in [0.25, 0.3) is 10.0 Å². The predicted molar refractivity (Wildman–Crippen MR) is 76.4 cm³/mol. The van der Waals surface area contributed by atoms with Gasteiger partial charge in [-0.15, -0.1) is 0 Å². The second-order valence-corrected chi connectivity index (χ2v) is 6.77. The number of hydrogen-bond acceptors (Lipinski definition) is 3. The Labute approximate surface area is 123 Å². The van der Waals surface area contributed by atoms with Crippen molar-refractivity contribution in [1.82, 2.24) is 9.71 Å². The molecule has 1 aromatic carbocycles. The van der Waals surface area contributed by atoms with Crippen molar-refractivity contribution in [1.29, 1.82) is 0 Å². The topological polar surface area (TPSA) is 59.1 Å². The van der Waals surface area contributed by atoms with Gasteiger partial charge in [-0.3, -0.25) is 0 Å². The number of pyridine rings is 1. The molecule has 1 aliphatic rings. The van der Waals surface area contributed by atoms with Gasteiger partial charge in [0.2, 0.25) is 5.03 Å². The molecule has 0 saturated heterocycles. The van der Waals surface area contributed by atoms with E-state index in [9.17, 15) is 12.8 Å². The predicted octanol–water partition coefficient (Wildman–Crippen LogP) is 2.65. The summed E-state index contributed by atoms with van der Waals surface area (Å²) in [6.45, 7) is 0. The summed E-state index contributed by atoms with van der Waals surface area (Å²) in [5.41, 5.74) is 0.889. The highest BCUT2D eigenvalue weighted by Gasteiger charge is 2.36. The molecule has 1 N–H and O–H groups in total. The van der Waals surface area contributed by atoms with E-state index in [0.717, 1.165) is 24.5 Å². The van der Waals surface area contributed by atoms with E-state index in [1.807, 2.05) is 30.3 Å². The SMILES string of the molecule is O=S(=O)(NC(c1ccccc1)C1CC1)c1ncccc1F. The Morgan fingerprint density at radius 2 is 1.86 bits per heavy atom. The van der Waals surface area contributed by atoms with Crippen LogP contribution in [-0.4, -0.2) is 13.4 Å². The zero-order valence-corrected chi connectivity index (χ0v) is 12.1. The molecule has 0 amide bonds. The standard InChI is InChI=1S/C15H15FN2O2S/c16-13-7-4-10-17-15(13)21(19,20)18-14(12-8-9-12)11-5-2-1-3-6-11/h1-7,10,12,14,18H,8-9H2. The van der Waals surface area contributed by atoms with E-state index in [-0.39, 0.29) is 12.0 Å². The number of hydrogen-bond donors (Lipinski definition) is 1. The van der Waals surface area contributed by atoms with Gasteiger partial charge in [0.05, 0.1) is 0 Å². The molecule has 0 radical (unpaired) electrons. The third-order valence-electron chi connectivity index (χ3n) is 3.51. The van der Waals surface area contributed by atoms with Gasteiger partial charge in [-0.1, -0.05) is 30.3 Å². The molecule has 2 aromatic rings. The van der Waals surface area contributed by atoms with Crippen LogP contribution in [0.5, 0.6) is 0 Å². The van der Waals surface area contributed by atoms with Crippen molar-refractivity contribution in [3.8, 4) is 0 Å². The third kappa shape index (κ3) is 3.11. The Hall–Kier alpha value is -1.79. The molecule has 0 aliphatic heterocycles. The number of nitrogens with zero attached hydrogens (tertiary/aromatic N) is 1. The fraction of sp³-hybridized carbons (Fsp3) is 0.267. The highest BCUT2D eigenvalue weighted by molar-refractivity contribution is 7.89. The summed E-state index contributed by atoms with van der Waals surface area (Å²) in [5, 5.41) is -0.549. The van der Waals surface area contributed by atoms with E-state index in [4.69, 9.17) is 0 Å². The smallest absolute Gasteiger partial charge is 0.241 e. The first-order valence-electron chi connectivity index (χ1n) is 6.76. The van der Waals surface area contributed by atoms with Crippen LogP contribution in [0.2, 0.25) is 0 Å². The van der Waals surface area contributed by atoms with Crippen molar-refractivity contribution in [2.75, 3.05) is 0 Å². The van der Waals surface area contributed by atoms with Crippen molar-refractivity contribution in [2.45, 2.75) is 23.9 Å². The second-order valence-electron chi connectivity index (χ2n) is 5.14. The molecule has 0 spiro atoms. The zero-order valence-electron chi connectivity index (χ0n) is 11.2. The Bertz CT molecular complexity index is 730. The van der Waals surface area contributed by atoms with E-state index < -0.39 is 20.9 Å². The van der Waals surface area contributed by atoms with Crippen molar-refractivity contribution in [3.63, 3.8) is 0 Å². The van der Waals surface area contributed by atoms with Crippen LogP contribution < -0.4 is 4.72 Å². The number of rotatable bonds is 5.